The van der Waals surface area contributed by atoms with Crippen LogP contribution in [0.15, 0.2) is 51.4 Å². The van der Waals surface area contributed by atoms with E-state index in [4.69, 9.17) is 0 Å². The van der Waals surface area contributed by atoms with Gasteiger partial charge in [0.1, 0.15) is 0 Å². The predicted molar refractivity (Wildman–Crippen MR) is 118 cm³/mol. The number of likely N-dealkylation sites (tertiary alicyclic amines) is 1. The number of hydrogen-bond donors (Lipinski definition) is 1. The summed E-state index contributed by atoms with van der Waals surface area (Å²) >= 11 is 6.98. The van der Waals surface area contributed by atoms with Crippen LogP contribution < -0.4 is 5.32 Å². The van der Waals surface area contributed by atoms with E-state index in [9.17, 15) is 4.79 Å². The minimum absolute atomic E-state index is 0.0976. The summed E-state index contributed by atoms with van der Waals surface area (Å²) in [5.74, 6) is 0.706. The van der Waals surface area contributed by atoms with Gasteiger partial charge in [0.2, 0.25) is 5.91 Å². The Labute approximate surface area is 178 Å². The molecule has 1 N–H and O–H groups in total. The van der Waals surface area contributed by atoms with E-state index in [1.165, 1.54) is 11.1 Å². The summed E-state index contributed by atoms with van der Waals surface area (Å²) in [6.45, 7) is 6.69. The molecule has 1 amide bonds. The van der Waals surface area contributed by atoms with Gasteiger partial charge in [-0.2, -0.15) is 0 Å². The largest absolute Gasteiger partial charge is 0.351 e. The van der Waals surface area contributed by atoms with Gasteiger partial charge in [0.15, 0.2) is 0 Å². The molecular weight excluding hydrogens is 468 g/mol. The Morgan fingerprint density at radius 2 is 1.78 bits per heavy atom. The summed E-state index contributed by atoms with van der Waals surface area (Å²) in [6.07, 6.45) is 2.22. The first-order valence-corrected chi connectivity index (χ1v) is 11.0. The van der Waals surface area contributed by atoms with Crippen molar-refractivity contribution in [1.29, 1.82) is 0 Å². The van der Waals surface area contributed by atoms with Gasteiger partial charge in [-0.05, 0) is 80.6 Å². The van der Waals surface area contributed by atoms with E-state index in [-0.39, 0.29) is 11.9 Å². The van der Waals surface area contributed by atoms with E-state index in [0.29, 0.717) is 12.5 Å². The van der Waals surface area contributed by atoms with Gasteiger partial charge in [0, 0.05) is 15.5 Å². The fourth-order valence-electron chi connectivity index (χ4n) is 3.86. The number of hydrogen-bond acceptors (Lipinski definition) is 2. The number of carbonyl (C=O) groups excluding carboxylic acids is 1. The molecule has 27 heavy (non-hydrogen) atoms. The number of aryl methyl sites for hydroxylation is 1. The zero-order valence-electron chi connectivity index (χ0n) is 15.8. The number of carbonyl (C=O) groups is 1. The number of piperidine rings is 1. The molecule has 0 radical (unpaired) electrons. The third-order valence-corrected chi connectivity index (χ3v) is 6.39. The second kappa shape index (κ2) is 9.35. The Bertz CT molecular complexity index is 780. The van der Waals surface area contributed by atoms with Crippen molar-refractivity contribution in [2.75, 3.05) is 13.1 Å². The molecule has 5 heteroatoms. The van der Waals surface area contributed by atoms with Gasteiger partial charge in [-0.15, -0.1) is 0 Å². The van der Waals surface area contributed by atoms with E-state index < -0.39 is 0 Å². The SMILES string of the molecule is Cc1ccccc1C1CCN(C(C)C(=O)NCc2cc(Br)cc(Br)c2)CC1. The molecule has 1 aliphatic heterocycles. The van der Waals surface area contributed by atoms with Crippen molar-refractivity contribution < 1.29 is 4.79 Å². The van der Waals surface area contributed by atoms with Gasteiger partial charge in [0.05, 0.1) is 6.04 Å². The van der Waals surface area contributed by atoms with Gasteiger partial charge >= 0.3 is 0 Å². The molecule has 1 unspecified atom stereocenters. The van der Waals surface area contributed by atoms with E-state index in [1.54, 1.807) is 0 Å². The molecule has 3 nitrogen and oxygen atoms in total. The zero-order chi connectivity index (χ0) is 19.4. The van der Waals surface area contributed by atoms with Crippen LogP contribution in [0.5, 0.6) is 0 Å². The molecule has 3 rings (SSSR count). The number of halogens is 2. The molecule has 1 atom stereocenters. The van der Waals surface area contributed by atoms with Crippen LogP contribution in [0.25, 0.3) is 0 Å². The second-order valence-electron chi connectivity index (χ2n) is 7.34. The van der Waals surface area contributed by atoms with Crippen molar-refractivity contribution in [1.82, 2.24) is 10.2 Å². The predicted octanol–water partition coefficient (Wildman–Crippen LogP) is 5.40. The van der Waals surface area contributed by atoms with E-state index in [2.05, 4.69) is 73.3 Å². The van der Waals surface area contributed by atoms with Crippen LogP contribution in [0.2, 0.25) is 0 Å². The second-order valence-corrected chi connectivity index (χ2v) is 9.17. The van der Waals surface area contributed by atoms with E-state index in [0.717, 1.165) is 40.4 Å². The van der Waals surface area contributed by atoms with Crippen molar-refractivity contribution in [3.63, 3.8) is 0 Å². The van der Waals surface area contributed by atoms with E-state index >= 15 is 0 Å². The summed E-state index contributed by atoms with van der Waals surface area (Å²) in [5.41, 5.74) is 3.92. The van der Waals surface area contributed by atoms with Gasteiger partial charge in [0.25, 0.3) is 0 Å². The lowest BCUT2D eigenvalue weighted by molar-refractivity contribution is -0.126. The lowest BCUT2D eigenvalue weighted by atomic mass is 9.86. The van der Waals surface area contributed by atoms with Crippen molar-refractivity contribution in [3.05, 3.63) is 68.1 Å². The Balaban J connectivity index is 1.52. The Hall–Kier alpha value is -1.17. The van der Waals surface area contributed by atoms with Crippen LogP contribution in [0.4, 0.5) is 0 Å². The molecule has 0 aliphatic carbocycles. The summed E-state index contributed by atoms with van der Waals surface area (Å²) in [5, 5.41) is 3.08. The fraction of sp³-hybridized carbons (Fsp3) is 0.409. The first kappa shape index (κ1) is 20.6. The van der Waals surface area contributed by atoms with Crippen LogP contribution in [0.1, 0.15) is 42.4 Å². The topological polar surface area (TPSA) is 32.3 Å². The molecule has 2 aromatic carbocycles. The van der Waals surface area contributed by atoms with Crippen molar-refractivity contribution in [3.8, 4) is 0 Å². The summed E-state index contributed by atoms with van der Waals surface area (Å²) < 4.78 is 2.01. The minimum Gasteiger partial charge on any atom is -0.351 e. The van der Waals surface area contributed by atoms with Crippen LogP contribution >= 0.6 is 31.9 Å². The molecule has 144 valence electrons. The highest BCUT2D eigenvalue weighted by Crippen LogP contribution is 2.30. The van der Waals surface area contributed by atoms with Crippen LogP contribution in [-0.2, 0) is 11.3 Å². The van der Waals surface area contributed by atoms with Gasteiger partial charge < -0.3 is 5.32 Å². The highest BCUT2D eigenvalue weighted by Gasteiger charge is 2.27. The molecule has 0 saturated carbocycles. The molecule has 0 spiro atoms. The molecule has 1 saturated heterocycles. The molecule has 1 heterocycles. The molecule has 1 aliphatic rings. The number of benzene rings is 2. The third-order valence-electron chi connectivity index (χ3n) is 5.47. The average molecular weight is 494 g/mol. The normalized spacial score (nSPS) is 16.9. The quantitative estimate of drug-likeness (QED) is 0.604. The molecule has 0 aromatic heterocycles. The molecular formula is C22H26Br2N2O. The number of nitrogens with zero attached hydrogens (tertiary/aromatic N) is 1. The van der Waals surface area contributed by atoms with Crippen molar-refractivity contribution in [2.24, 2.45) is 0 Å². The fourth-order valence-corrected chi connectivity index (χ4v) is 5.25. The number of nitrogens with one attached hydrogen (secondary N) is 1. The summed E-state index contributed by atoms with van der Waals surface area (Å²) in [4.78, 5) is 14.9. The standard InChI is InChI=1S/C22H26Br2N2O/c1-15-5-3-4-6-21(15)18-7-9-26(10-8-18)16(2)22(27)25-14-17-11-19(23)13-20(24)12-17/h3-6,11-13,16,18H,7-10,14H2,1-2H3,(H,25,27). The zero-order valence-corrected chi connectivity index (χ0v) is 19.0. The molecule has 0 bridgehead atoms. The highest BCUT2D eigenvalue weighted by molar-refractivity contribution is 9.11. The maximum Gasteiger partial charge on any atom is 0.237 e. The van der Waals surface area contributed by atoms with E-state index in [1.807, 2.05) is 25.1 Å². The summed E-state index contributed by atoms with van der Waals surface area (Å²) in [6, 6.07) is 14.6. The maximum absolute atomic E-state index is 12.6. The highest BCUT2D eigenvalue weighted by atomic mass is 79.9. The first-order valence-electron chi connectivity index (χ1n) is 9.46. The number of amides is 1. The maximum atomic E-state index is 12.6. The average Bonchev–Trinajstić information content (AvgIpc) is 2.65. The number of rotatable bonds is 5. The first-order chi connectivity index (χ1) is 12.9. The van der Waals surface area contributed by atoms with Gasteiger partial charge in [-0.3, -0.25) is 9.69 Å². The minimum atomic E-state index is -0.0987. The monoisotopic (exact) mass is 492 g/mol. The van der Waals surface area contributed by atoms with Crippen molar-refractivity contribution in [2.45, 2.75) is 45.2 Å². The smallest absolute Gasteiger partial charge is 0.237 e. The van der Waals surface area contributed by atoms with Gasteiger partial charge in [-0.25, -0.2) is 0 Å². The van der Waals surface area contributed by atoms with Crippen LogP contribution in [0, 0.1) is 6.92 Å². The van der Waals surface area contributed by atoms with Gasteiger partial charge in [-0.1, -0.05) is 56.1 Å². The Morgan fingerprint density at radius 3 is 2.41 bits per heavy atom. The molecule has 2 aromatic rings. The lowest BCUT2D eigenvalue weighted by Gasteiger charge is -2.36. The third kappa shape index (κ3) is 5.43. The Kier molecular flexibility index (Phi) is 7.12. The van der Waals surface area contributed by atoms with Crippen LogP contribution in [-0.4, -0.2) is 29.9 Å². The van der Waals surface area contributed by atoms with Crippen LogP contribution in [0.3, 0.4) is 0 Å². The molecule has 1 fully saturated rings. The summed E-state index contributed by atoms with van der Waals surface area (Å²) in [7, 11) is 0. The Morgan fingerprint density at radius 1 is 1.15 bits per heavy atom. The lowest BCUT2D eigenvalue weighted by Crippen LogP contribution is -2.47. The van der Waals surface area contributed by atoms with Crippen molar-refractivity contribution >= 4 is 37.8 Å².